The van der Waals surface area contributed by atoms with Crippen LogP contribution >= 0.6 is 0 Å². The predicted octanol–water partition coefficient (Wildman–Crippen LogP) is 17.7. The molecule has 0 radical (unpaired) electrons. The van der Waals surface area contributed by atoms with E-state index in [-0.39, 0.29) is 42.9 Å². The van der Waals surface area contributed by atoms with Crippen molar-refractivity contribution in [3.8, 4) is 34.5 Å². The number of anilines is 1. The number of hydrogen-bond donors (Lipinski definition) is 3. The summed E-state index contributed by atoms with van der Waals surface area (Å²) in [6.45, 7) is 28.7. The summed E-state index contributed by atoms with van der Waals surface area (Å²) in [5, 5.41) is 26.6. The van der Waals surface area contributed by atoms with E-state index in [0.29, 0.717) is 101 Å². The van der Waals surface area contributed by atoms with Gasteiger partial charge in [-0.15, -0.1) is 0 Å². The lowest BCUT2D eigenvalue weighted by molar-refractivity contribution is -0.138. The number of methoxy groups -OCH3 is 2. The van der Waals surface area contributed by atoms with Crippen molar-refractivity contribution < 1.29 is 76.7 Å². The normalized spacial score (nSPS) is 14.5. The zero-order valence-corrected chi connectivity index (χ0v) is 62.3. The highest BCUT2D eigenvalue weighted by atomic mass is 16.6. The van der Waals surface area contributed by atoms with E-state index >= 15 is 0 Å². The summed E-state index contributed by atoms with van der Waals surface area (Å²) in [6.07, 6.45) is 7.55. The molecule has 7 aromatic rings. The Hall–Kier alpha value is -8.03. The van der Waals surface area contributed by atoms with Crippen molar-refractivity contribution in [2.24, 2.45) is 11.8 Å². The van der Waals surface area contributed by atoms with Crippen LogP contribution in [0.1, 0.15) is 215 Å². The molecular weight excluding hydrogens is 1280 g/mol. The molecule has 0 saturated heterocycles. The quantitative estimate of drug-likeness (QED) is 0.0192. The average Bonchev–Trinajstić information content (AvgIpc) is 0.736. The third-order valence-corrected chi connectivity index (χ3v) is 18.6. The van der Waals surface area contributed by atoms with Crippen LogP contribution in [0.15, 0.2) is 109 Å². The lowest BCUT2D eigenvalue weighted by atomic mass is 9.69. The third-order valence-electron chi connectivity index (χ3n) is 18.6. The molecule has 0 aliphatic heterocycles. The maximum Gasteiger partial charge on any atom is 0.338 e. The van der Waals surface area contributed by atoms with Gasteiger partial charge in [0.05, 0.1) is 50.1 Å². The number of carbonyl (C=O) groups is 3. The van der Waals surface area contributed by atoms with Gasteiger partial charge in [-0.3, -0.25) is 9.59 Å². The molecule has 0 bridgehead atoms. The average molecular weight is 1390 g/mol. The molecule has 0 heterocycles. The standard InChI is InChI=1S/C34H42O5.C26H36O6.C24H33NO5/c1-5-20(2)24-12-8-14-26-25(24)13-9-15-27(26)34(37)39-19-18-38-33-30(21(3)35)28-16-6-10-23-11-7-17-29(32(23)28)31(33)22(4)36;1-6-20(5)26(27)32-24-11-9-23(10-12-24)30-13-14-31-25-21(17-28-7-2)15-19(4)16-22(25)18-29-8-3;1-6-18(3)24(26)25-21-7-9-22(10-8-21)29-11-12-30-23-19(15-27-4)13-17(2)14-20(23)16-28-5/h8-9,12-15,20-23,35-36H,5-7,10-11,16-19H2,1-4H3;9-12,15-16,20H,6-8,13-14,17-18H2,1-5H3;7-10,13-14,18H,6,11-12,15-16H2,1-5H3,(H,25,26). The Morgan fingerprint density at radius 3 is 1.46 bits per heavy atom. The van der Waals surface area contributed by atoms with Crippen LogP contribution in [-0.4, -0.2) is 95.1 Å². The van der Waals surface area contributed by atoms with Crippen molar-refractivity contribution in [1.82, 2.24) is 0 Å². The van der Waals surface area contributed by atoms with Crippen LogP contribution in [0, 0.1) is 25.7 Å². The first kappa shape index (κ1) is 80.3. The number of benzene rings is 7. The second-order valence-electron chi connectivity index (χ2n) is 26.3. The SMILES string of the molecule is CCC(C)C(=O)Nc1ccc(OCCOc2c(COC)cc(C)cc2COC)cc1.CCC(C)c1cccc2c(C(=O)OCCOc3c(C(C)O)c4c5c(c3C(C)O)CCCC5CCC4)cccc12.CCOCc1cc(C)cc(COCC)c1OCCOc1ccc(OC(=O)C(C)CC)cc1. The Balaban J connectivity index is 0.000000215. The smallest absolute Gasteiger partial charge is 0.338 e. The van der Waals surface area contributed by atoms with Crippen molar-refractivity contribution >= 4 is 34.3 Å². The summed E-state index contributed by atoms with van der Waals surface area (Å²) < 4.78 is 62.9. The van der Waals surface area contributed by atoms with Gasteiger partial charge in [-0.05, 0) is 199 Å². The van der Waals surface area contributed by atoms with Crippen LogP contribution < -0.4 is 33.7 Å². The van der Waals surface area contributed by atoms with Crippen LogP contribution in [0.4, 0.5) is 5.69 Å². The number of ether oxygens (including phenoxy) is 11. The second-order valence-corrected chi connectivity index (χ2v) is 26.3. The monoisotopic (exact) mass is 1390 g/mol. The van der Waals surface area contributed by atoms with E-state index in [1.54, 1.807) is 52.3 Å². The van der Waals surface area contributed by atoms with E-state index in [1.165, 1.54) is 35.1 Å². The van der Waals surface area contributed by atoms with Crippen molar-refractivity contribution in [2.75, 3.05) is 72.4 Å². The highest BCUT2D eigenvalue weighted by molar-refractivity contribution is 6.05. The molecule has 0 fully saturated rings. The Morgan fingerprint density at radius 1 is 0.515 bits per heavy atom. The van der Waals surface area contributed by atoms with E-state index in [2.05, 4.69) is 62.5 Å². The maximum atomic E-state index is 13.1. The minimum Gasteiger partial charge on any atom is -0.490 e. The number of aryl methyl sites for hydroxylation is 2. The fourth-order valence-electron chi connectivity index (χ4n) is 13.0. The van der Waals surface area contributed by atoms with Gasteiger partial charge in [0.1, 0.15) is 74.1 Å². The number of hydrogen-bond acceptors (Lipinski definition) is 16. The zero-order valence-electron chi connectivity index (χ0n) is 62.3. The fourth-order valence-corrected chi connectivity index (χ4v) is 13.0. The van der Waals surface area contributed by atoms with Gasteiger partial charge in [-0.1, -0.05) is 107 Å². The van der Waals surface area contributed by atoms with Crippen molar-refractivity contribution in [1.29, 1.82) is 0 Å². The fraction of sp³-hybridized carbons (Fsp3) is 0.488. The van der Waals surface area contributed by atoms with Crippen LogP contribution in [-0.2, 0) is 72.5 Å². The van der Waals surface area contributed by atoms with Crippen molar-refractivity contribution in [3.05, 3.63) is 182 Å². The second kappa shape index (κ2) is 41.2. The van der Waals surface area contributed by atoms with Gasteiger partial charge in [0.15, 0.2) is 0 Å². The molecular formula is C84H111NO16. The number of carbonyl (C=O) groups excluding carboxylic acids is 3. The Morgan fingerprint density at radius 2 is 0.970 bits per heavy atom. The molecule has 9 rings (SSSR count). The number of nitrogens with one attached hydrogen (secondary N) is 1. The molecule has 0 spiro atoms. The van der Waals surface area contributed by atoms with Crippen LogP contribution in [0.5, 0.6) is 34.5 Å². The molecule has 3 N–H and O–H groups in total. The number of rotatable bonds is 35. The number of amides is 1. The van der Waals surface area contributed by atoms with Gasteiger partial charge >= 0.3 is 11.9 Å². The largest absolute Gasteiger partial charge is 0.490 e. The summed E-state index contributed by atoms with van der Waals surface area (Å²) in [5.41, 5.74) is 14.2. The highest BCUT2D eigenvalue weighted by Crippen LogP contribution is 2.51. The molecule has 5 unspecified atom stereocenters. The minimum atomic E-state index is -0.712. The van der Waals surface area contributed by atoms with Gasteiger partial charge in [-0.25, -0.2) is 4.79 Å². The van der Waals surface area contributed by atoms with E-state index in [1.807, 2.05) is 97.0 Å². The summed E-state index contributed by atoms with van der Waals surface area (Å²) in [6, 6.07) is 34.6. The number of fused-ring (bicyclic) bond motifs is 1. The highest BCUT2D eigenvalue weighted by Gasteiger charge is 2.36. The van der Waals surface area contributed by atoms with Gasteiger partial charge in [0, 0.05) is 72.4 Å². The van der Waals surface area contributed by atoms with Gasteiger partial charge in [0.25, 0.3) is 0 Å². The van der Waals surface area contributed by atoms with Gasteiger partial charge in [-0.2, -0.15) is 0 Å². The predicted molar refractivity (Wildman–Crippen MR) is 397 cm³/mol. The summed E-state index contributed by atoms with van der Waals surface area (Å²) >= 11 is 0. The molecule has 2 aliphatic carbocycles. The first-order valence-corrected chi connectivity index (χ1v) is 36.3. The van der Waals surface area contributed by atoms with Crippen molar-refractivity contribution in [3.63, 3.8) is 0 Å². The van der Waals surface area contributed by atoms with E-state index in [4.69, 9.17) is 52.1 Å². The molecule has 17 nitrogen and oxygen atoms in total. The summed E-state index contributed by atoms with van der Waals surface area (Å²) in [4.78, 5) is 37.0. The first-order valence-electron chi connectivity index (χ1n) is 36.3. The zero-order chi connectivity index (χ0) is 73.0. The van der Waals surface area contributed by atoms with Crippen LogP contribution in [0.25, 0.3) is 10.8 Å². The van der Waals surface area contributed by atoms with E-state index in [9.17, 15) is 24.6 Å². The lowest BCUT2D eigenvalue weighted by Gasteiger charge is -2.37. The Kier molecular flexibility index (Phi) is 32.7. The molecule has 0 aromatic heterocycles. The molecule has 2 aliphatic rings. The number of esters is 2. The molecule has 101 heavy (non-hydrogen) atoms. The topological polar surface area (TPSA) is 205 Å². The number of aliphatic hydroxyl groups excluding tert-OH is 2. The minimum absolute atomic E-state index is 0.00847. The maximum absolute atomic E-state index is 13.1. The summed E-state index contributed by atoms with van der Waals surface area (Å²) in [5.74, 6) is 4.29. The lowest BCUT2D eigenvalue weighted by Crippen LogP contribution is -2.24. The summed E-state index contributed by atoms with van der Waals surface area (Å²) in [7, 11) is 3.33. The molecule has 548 valence electrons. The van der Waals surface area contributed by atoms with Crippen molar-refractivity contribution in [2.45, 2.75) is 191 Å². The van der Waals surface area contributed by atoms with Crippen LogP contribution in [0.3, 0.4) is 0 Å². The van der Waals surface area contributed by atoms with Gasteiger partial charge in [0.2, 0.25) is 5.91 Å². The van der Waals surface area contributed by atoms with Crippen LogP contribution in [0.2, 0.25) is 0 Å². The van der Waals surface area contributed by atoms with E-state index in [0.717, 1.165) is 123 Å². The molecule has 0 saturated carbocycles. The first-order chi connectivity index (χ1) is 48.8. The molecule has 5 atom stereocenters. The molecule has 7 aromatic carbocycles. The Labute approximate surface area is 599 Å². The molecule has 17 heteroatoms. The van der Waals surface area contributed by atoms with Gasteiger partial charge < -0.3 is 67.6 Å². The van der Waals surface area contributed by atoms with E-state index < -0.39 is 12.2 Å². The number of aliphatic hydroxyl groups is 2. The molecule has 1 amide bonds. The third kappa shape index (κ3) is 22.7. The Bertz CT molecular complexity index is 3650.